The number of carbonyl (C=O) groups is 2. The predicted octanol–water partition coefficient (Wildman–Crippen LogP) is 2.19. The van der Waals surface area contributed by atoms with Gasteiger partial charge in [-0.15, -0.1) is 0 Å². The van der Waals surface area contributed by atoms with E-state index in [-0.39, 0.29) is 11.7 Å². The Hall–Kier alpha value is -1.43. The van der Waals surface area contributed by atoms with E-state index in [4.69, 9.17) is 5.11 Å². The van der Waals surface area contributed by atoms with E-state index in [0.717, 1.165) is 5.56 Å². The van der Waals surface area contributed by atoms with E-state index in [2.05, 4.69) is 15.9 Å². The third kappa shape index (κ3) is 2.22. The molecule has 0 saturated heterocycles. The maximum atomic E-state index is 13.9. The van der Waals surface area contributed by atoms with Gasteiger partial charge in [0.05, 0.1) is 16.3 Å². The van der Waals surface area contributed by atoms with E-state index < -0.39 is 17.8 Å². The van der Waals surface area contributed by atoms with E-state index in [1.807, 2.05) is 6.07 Å². The molecule has 1 aromatic rings. The fraction of sp³-hybridized carbons (Fsp3) is 0.429. The minimum atomic E-state index is -0.907. The zero-order valence-electron chi connectivity index (χ0n) is 10.6. The first-order valence-corrected chi connectivity index (χ1v) is 7.25. The Balaban J connectivity index is 1.75. The summed E-state index contributed by atoms with van der Waals surface area (Å²) in [6, 6.07) is 3.45. The zero-order valence-corrected chi connectivity index (χ0v) is 12.2. The number of hydrogen-bond donors (Lipinski definition) is 1. The highest BCUT2D eigenvalue weighted by Crippen LogP contribution is 2.41. The molecule has 1 aliphatic heterocycles. The van der Waals surface area contributed by atoms with Gasteiger partial charge in [0, 0.05) is 13.1 Å². The molecule has 1 N–H and O–H groups in total. The molecule has 4 nitrogen and oxygen atoms in total. The molecular formula is C14H13BrFNO3. The molecule has 6 heteroatoms. The van der Waals surface area contributed by atoms with Gasteiger partial charge in [0.1, 0.15) is 5.82 Å². The summed E-state index contributed by atoms with van der Waals surface area (Å²) in [4.78, 5) is 24.7. The number of benzene rings is 1. The summed E-state index contributed by atoms with van der Waals surface area (Å²) in [6.45, 7) is 0.809. The molecule has 1 aliphatic carbocycles. The van der Waals surface area contributed by atoms with Crippen LogP contribution in [0.15, 0.2) is 16.6 Å². The highest BCUT2D eigenvalue weighted by molar-refractivity contribution is 9.10. The second kappa shape index (κ2) is 4.84. The molecule has 0 radical (unpaired) electrons. The number of rotatable bonds is 2. The van der Waals surface area contributed by atoms with Gasteiger partial charge in [-0.1, -0.05) is 6.07 Å². The lowest BCUT2D eigenvalue weighted by Gasteiger charge is -2.29. The van der Waals surface area contributed by atoms with Gasteiger partial charge < -0.3 is 10.0 Å². The molecule has 0 unspecified atom stereocenters. The highest BCUT2D eigenvalue weighted by Gasteiger charge is 2.50. The average molecular weight is 342 g/mol. The quantitative estimate of drug-likeness (QED) is 0.897. The van der Waals surface area contributed by atoms with Crippen LogP contribution in [-0.2, 0) is 22.6 Å². The largest absolute Gasteiger partial charge is 0.481 e. The van der Waals surface area contributed by atoms with Gasteiger partial charge in [-0.2, -0.15) is 0 Å². The Morgan fingerprint density at radius 2 is 2.10 bits per heavy atom. The number of halogens is 2. The van der Waals surface area contributed by atoms with Crippen molar-refractivity contribution in [2.75, 3.05) is 6.54 Å². The Morgan fingerprint density at radius 3 is 2.75 bits per heavy atom. The number of carboxylic acids is 1. The van der Waals surface area contributed by atoms with Crippen LogP contribution >= 0.6 is 15.9 Å². The van der Waals surface area contributed by atoms with Crippen LogP contribution in [0, 0.1) is 17.7 Å². The van der Waals surface area contributed by atoms with Crippen LogP contribution in [0.25, 0.3) is 0 Å². The molecule has 2 atom stereocenters. The Morgan fingerprint density at radius 1 is 1.35 bits per heavy atom. The van der Waals surface area contributed by atoms with Crippen molar-refractivity contribution in [3.63, 3.8) is 0 Å². The summed E-state index contributed by atoms with van der Waals surface area (Å²) in [5.41, 5.74) is 1.45. The van der Waals surface area contributed by atoms with Gasteiger partial charge in [0.25, 0.3) is 0 Å². The van der Waals surface area contributed by atoms with Gasteiger partial charge in [0.2, 0.25) is 5.91 Å². The molecule has 1 saturated carbocycles. The van der Waals surface area contributed by atoms with E-state index in [0.29, 0.717) is 36.0 Å². The van der Waals surface area contributed by atoms with Crippen molar-refractivity contribution < 1.29 is 19.1 Å². The van der Waals surface area contributed by atoms with Gasteiger partial charge in [-0.3, -0.25) is 9.59 Å². The third-order valence-corrected chi connectivity index (χ3v) is 4.63. The smallest absolute Gasteiger partial charge is 0.307 e. The van der Waals surface area contributed by atoms with Crippen LogP contribution in [0.3, 0.4) is 0 Å². The minimum Gasteiger partial charge on any atom is -0.481 e. The molecule has 0 bridgehead atoms. The lowest BCUT2D eigenvalue weighted by molar-refractivity contribution is -0.142. The van der Waals surface area contributed by atoms with Crippen LogP contribution in [0.2, 0.25) is 0 Å². The molecule has 1 amide bonds. The van der Waals surface area contributed by atoms with Crippen LogP contribution < -0.4 is 0 Å². The number of carboxylic acid groups (broad SMARTS) is 1. The van der Waals surface area contributed by atoms with E-state index in [1.165, 1.54) is 0 Å². The topological polar surface area (TPSA) is 57.6 Å². The summed E-state index contributed by atoms with van der Waals surface area (Å²) >= 11 is 3.15. The summed E-state index contributed by atoms with van der Waals surface area (Å²) in [5, 5.41) is 8.87. The van der Waals surface area contributed by atoms with Crippen molar-refractivity contribution >= 4 is 27.8 Å². The molecule has 1 aromatic carbocycles. The van der Waals surface area contributed by atoms with Crippen molar-refractivity contribution in [3.8, 4) is 0 Å². The first-order chi connectivity index (χ1) is 9.49. The average Bonchev–Trinajstić information content (AvgIpc) is 3.22. The number of fused-ring (bicyclic) bond motifs is 1. The Kier molecular flexibility index (Phi) is 3.28. The van der Waals surface area contributed by atoms with E-state index in [9.17, 15) is 14.0 Å². The lowest BCUT2D eigenvalue weighted by Crippen LogP contribution is -2.37. The van der Waals surface area contributed by atoms with Crippen LogP contribution in [-0.4, -0.2) is 28.4 Å². The van der Waals surface area contributed by atoms with Gasteiger partial charge in [-0.05, 0) is 46.0 Å². The maximum Gasteiger partial charge on any atom is 0.307 e. The maximum absolute atomic E-state index is 13.9. The van der Waals surface area contributed by atoms with Gasteiger partial charge >= 0.3 is 5.97 Å². The molecule has 2 aliphatic rings. The van der Waals surface area contributed by atoms with Crippen molar-refractivity contribution in [2.24, 2.45) is 11.8 Å². The SMILES string of the molecule is O=C(O)[C@@H]1C[C@H]1C(=O)N1CCc2c(ccc(Br)c2F)C1. The first-order valence-electron chi connectivity index (χ1n) is 6.46. The number of hydrogen-bond acceptors (Lipinski definition) is 2. The van der Waals surface area contributed by atoms with Crippen molar-refractivity contribution in [1.82, 2.24) is 4.90 Å². The second-order valence-corrected chi connectivity index (χ2v) is 6.15. The Labute approximate surface area is 123 Å². The molecule has 0 aromatic heterocycles. The molecule has 1 heterocycles. The summed E-state index contributed by atoms with van der Waals surface area (Å²) in [5.74, 6) is -2.22. The normalized spacial score (nSPS) is 24.2. The standard InChI is InChI=1S/C14H13BrFNO3/c15-11-2-1-7-6-17(4-3-8(7)12(11)16)13(18)9-5-10(9)14(19)20/h1-2,9-10H,3-6H2,(H,19,20)/t9-,10-/m1/s1. The number of carbonyl (C=O) groups excluding carboxylic acids is 1. The van der Waals surface area contributed by atoms with Gasteiger partial charge in [-0.25, -0.2) is 4.39 Å². The molecule has 20 heavy (non-hydrogen) atoms. The molecule has 106 valence electrons. The van der Waals surface area contributed by atoms with E-state index in [1.54, 1.807) is 11.0 Å². The minimum absolute atomic E-state index is 0.119. The van der Waals surface area contributed by atoms with Gasteiger partial charge in [0.15, 0.2) is 0 Å². The molecular weight excluding hydrogens is 329 g/mol. The van der Waals surface area contributed by atoms with Crippen molar-refractivity contribution in [1.29, 1.82) is 0 Å². The summed E-state index contributed by atoms with van der Waals surface area (Å²) in [6.07, 6.45) is 0.892. The third-order valence-electron chi connectivity index (χ3n) is 4.02. The Bertz CT molecular complexity index is 604. The second-order valence-electron chi connectivity index (χ2n) is 5.30. The van der Waals surface area contributed by atoms with Crippen LogP contribution in [0.4, 0.5) is 4.39 Å². The monoisotopic (exact) mass is 341 g/mol. The summed E-state index contributed by atoms with van der Waals surface area (Å²) < 4.78 is 14.4. The van der Waals surface area contributed by atoms with Crippen LogP contribution in [0.5, 0.6) is 0 Å². The highest BCUT2D eigenvalue weighted by atomic mass is 79.9. The predicted molar refractivity (Wildman–Crippen MR) is 72.5 cm³/mol. The first kappa shape index (κ1) is 13.5. The van der Waals surface area contributed by atoms with Crippen molar-refractivity contribution in [3.05, 3.63) is 33.5 Å². The molecule has 3 rings (SSSR count). The van der Waals surface area contributed by atoms with E-state index >= 15 is 0 Å². The molecule has 1 fully saturated rings. The van der Waals surface area contributed by atoms with Crippen molar-refractivity contribution in [2.45, 2.75) is 19.4 Å². The zero-order chi connectivity index (χ0) is 14.4. The fourth-order valence-corrected chi connectivity index (χ4v) is 3.12. The fourth-order valence-electron chi connectivity index (χ4n) is 2.75. The lowest BCUT2D eigenvalue weighted by atomic mass is 9.99. The summed E-state index contributed by atoms with van der Waals surface area (Å²) in [7, 11) is 0. The number of amides is 1. The number of aliphatic carboxylic acids is 1. The number of nitrogens with zero attached hydrogens (tertiary/aromatic N) is 1. The molecule has 0 spiro atoms. The van der Waals surface area contributed by atoms with Crippen LogP contribution in [0.1, 0.15) is 17.5 Å².